The van der Waals surface area contributed by atoms with Gasteiger partial charge in [-0.05, 0) is 62.3 Å². The van der Waals surface area contributed by atoms with Crippen molar-refractivity contribution in [3.05, 3.63) is 77.2 Å². The zero-order valence-corrected chi connectivity index (χ0v) is 21.8. The van der Waals surface area contributed by atoms with Crippen LogP contribution in [0.5, 0.6) is 0 Å². The van der Waals surface area contributed by atoms with Crippen LogP contribution in [0.1, 0.15) is 74.1 Å². The van der Waals surface area contributed by atoms with Crippen molar-refractivity contribution in [3.63, 3.8) is 0 Å². The zero-order valence-electron chi connectivity index (χ0n) is 21.8. The molecule has 2 aromatic carbocycles. The number of carboxylic acid groups (broad SMARTS) is 1. The van der Waals surface area contributed by atoms with Gasteiger partial charge in [0.05, 0.1) is 5.41 Å². The molecule has 0 bridgehead atoms. The molecular formula is C30H33N3O5. The lowest BCUT2D eigenvalue weighted by Crippen LogP contribution is -2.61. The van der Waals surface area contributed by atoms with E-state index < -0.39 is 17.5 Å². The van der Waals surface area contributed by atoms with Crippen LogP contribution in [0.25, 0.3) is 0 Å². The second-order valence-electron chi connectivity index (χ2n) is 11.2. The molecule has 8 heteroatoms. The molecule has 6 rings (SSSR count). The summed E-state index contributed by atoms with van der Waals surface area (Å²) in [6.07, 6.45) is 3.17. The summed E-state index contributed by atoms with van der Waals surface area (Å²) in [4.78, 5) is 26.7. The minimum atomic E-state index is -0.722. The number of aliphatic carboxylic acids is 1. The largest absolute Gasteiger partial charge is 0.481 e. The summed E-state index contributed by atoms with van der Waals surface area (Å²) in [5, 5.41) is 16.7. The first kappa shape index (κ1) is 24.5. The minimum Gasteiger partial charge on any atom is -0.481 e. The molecule has 1 amide bonds. The molecule has 3 aromatic rings. The topological polar surface area (TPSA) is 105 Å². The van der Waals surface area contributed by atoms with Crippen LogP contribution in [0.15, 0.2) is 59.1 Å². The number of nitrogens with one attached hydrogen (secondary N) is 1. The Hall–Kier alpha value is -3.81. The standard InChI is InChI=1S/C30H33N3O5/c1-3-24-25(31-28(36)37-19(2)20-7-5-4-6-8-20)26(38-32-24)21-15-29(16-21)17-33(18-29)23-11-9-22(10-12-23)30(13-14-30)27(34)35/h4-12,19,21H,3,13-18H2,1-2H3,(H,31,36)(H,34,35)/t19-/m1/s1. The summed E-state index contributed by atoms with van der Waals surface area (Å²) in [5.41, 5.74) is 3.93. The van der Waals surface area contributed by atoms with Crippen molar-refractivity contribution >= 4 is 23.4 Å². The highest BCUT2D eigenvalue weighted by atomic mass is 16.6. The van der Waals surface area contributed by atoms with Gasteiger partial charge in [-0.1, -0.05) is 54.5 Å². The monoisotopic (exact) mass is 515 g/mol. The highest BCUT2D eigenvalue weighted by Crippen LogP contribution is 2.58. The van der Waals surface area contributed by atoms with Crippen LogP contribution in [0.3, 0.4) is 0 Å². The third-order valence-corrected chi connectivity index (χ3v) is 8.63. The maximum absolute atomic E-state index is 12.7. The summed E-state index contributed by atoms with van der Waals surface area (Å²) >= 11 is 0. The number of carbonyl (C=O) groups is 2. The van der Waals surface area contributed by atoms with Crippen molar-refractivity contribution in [2.75, 3.05) is 23.3 Å². The van der Waals surface area contributed by atoms with E-state index in [2.05, 4.69) is 27.5 Å². The van der Waals surface area contributed by atoms with Crippen LogP contribution in [0.4, 0.5) is 16.2 Å². The first-order valence-electron chi connectivity index (χ1n) is 13.4. The Morgan fingerprint density at radius 2 is 1.82 bits per heavy atom. The highest BCUT2D eigenvalue weighted by Gasteiger charge is 2.55. The molecule has 1 aromatic heterocycles. The lowest BCUT2D eigenvalue weighted by Gasteiger charge is -2.59. The molecule has 3 aliphatic rings. The van der Waals surface area contributed by atoms with Gasteiger partial charge in [0.1, 0.15) is 17.5 Å². The molecule has 8 nitrogen and oxygen atoms in total. The second-order valence-corrected chi connectivity index (χ2v) is 11.2. The fourth-order valence-corrected chi connectivity index (χ4v) is 6.19. The number of nitrogens with zero attached hydrogens (tertiary/aromatic N) is 2. The van der Waals surface area contributed by atoms with Gasteiger partial charge in [0.25, 0.3) is 0 Å². The Morgan fingerprint density at radius 1 is 1.13 bits per heavy atom. The fourth-order valence-electron chi connectivity index (χ4n) is 6.19. The van der Waals surface area contributed by atoms with E-state index >= 15 is 0 Å². The third-order valence-electron chi connectivity index (χ3n) is 8.63. The van der Waals surface area contributed by atoms with Crippen molar-refractivity contribution in [1.82, 2.24) is 5.16 Å². The molecule has 2 heterocycles. The molecule has 0 unspecified atom stereocenters. The van der Waals surface area contributed by atoms with Gasteiger partial charge < -0.3 is 19.3 Å². The fraction of sp³-hybridized carbons (Fsp3) is 0.433. The summed E-state index contributed by atoms with van der Waals surface area (Å²) in [6, 6.07) is 17.7. The van der Waals surface area contributed by atoms with E-state index in [0.717, 1.165) is 67.0 Å². The van der Waals surface area contributed by atoms with E-state index in [1.54, 1.807) is 0 Å². The van der Waals surface area contributed by atoms with Gasteiger partial charge in [-0.25, -0.2) is 4.79 Å². The number of anilines is 2. The van der Waals surface area contributed by atoms with E-state index in [1.807, 2.05) is 56.3 Å². The van der Waals surface area contributed by atoms with Crippen LogP contribution in [-0.2, 0) is 21.4 Å². The Morgan fingerprint density at radius 3 is 2.42 bits per heavy atom. The number of aromatic nitrogens is 1. The number of hydrogen-bond donors (Lipinski definition) is 2. The molecule has 3 fully saturated rings. The molecule has 38 heavy (non-hydrogen) atoms. The Balaban J connectivity index is 1.06. The third kappa shape index (κ3) is 4.22. The highest BCUT2D eigenvalue weighted by molar-refractivity contribution is 5.86. The Bertz CT molecular complexity index is 1330. The van der Waals surface area contributed by atoms with Crippen molar-refractivity contribution < 1.29 is 24.0 Å². The normalized spacial score (nSPS) is 19.8. The van der Waals surface area contributed by atoms with Crippen LogP contribution in [0.2, 0.25) is 0 Å². The van der Waals surface area contributed by atoms with Gasteiger partial charge in [0, 0.05) is 30.1 Å². The number of rotatable bonds is 8. The van der Waals surface area contributed by atoms with Crippen LogP contribution >= 0.6 is 0 Å². The molecule has 1 aliphatic heterocycles. The lowest BCUT2D eigenvalue weighted by atomic mass is 9.57. The number of carbonyl (C=O) groups excluding carboxylic acids is 1. The molecule has 2 aliphatic carbocycles. The maximum Gasteiger partial charge on any atom is 0.412 e. The molecule has 1 saturated heterocycles. The second kappa shape index (κ2) is 9.19. The van der Waals surface area contributed by atoms with Crippen LogP contribution < -0.4 is 10.2 Å². The summed E-state index contributed by atoms with van der Waals surface area (Å²) in [7, 11) is 0. The molecule has 2 N–H and O–H groups in total. The number of aryl methyl sites for hydroxylation is 1. The average Bonchev–Trinajstić information content (AvgIpc) is 3.60. The summed E-state index contributed by atoms with van der Waals surface area (Å²) in [5.74, 6) is 0.225. The summed E-state index contributed by atoms with van der Waals surface area (Å²) in [6.45, 7) is 5.76. The molecule has 2 saturated carbocycles. The number of carboxylic acids is 1. The van der Waals surface area contributed by atoms with Gasteiger partial charge in [0.2, 0.25) is 0 Å². The van der Waals surface area contributed by atoms with Crippen molar-refractivity contribution in [2.24, 2.45) is 5.41 Å². The Kier molecular flexibility index (Phi) is 5.93. The number of hydrogen-bond acceptors (Lipinski definition) is 6. The number of ether oxygens (including phenoxy) is 1. The zero-order chi connectivity index (χ0) is 26.5. The number of amides is 1. The van der Waals surface area contributed by atoms with E-state index in [1.165, 1.54) is 0 Å². The average molecular weight is 516 g/mol. The van der Waals surface area contributed by atoms with E-state index in [4.69, 9.17) is 9.26 Å². The van der Waals surface area contributed by atoms with Gasteiger partial charge in [0.15, 0.2) is 5.76 Å². The lowest BCUT2D eigenvalue weighted by molar-refractivity contribution is -0.140. The van der Waals surface area contributed by atoms with E-state index in [-0.39, 0.29) is 17.4 Å². The first-order valence-corrected chi connectivity index (χ1v) is 13.4. The molecule has 1 spiro atoms. The minimum absolute atomic E-state index is 0.208. The predicted octanol–water partition coefficient (Wildman–Crippen LogP) is 6.05. The predicted molar refractivity (Wildman–Crippen MR) is 142 cm³/mol. The smallest absolute Gasteiger partial charge is 0.412 e. The molecule has 198 valence electrons. The summed E-state index contributed by atoms with van der Waals surface area (Å²) < 4.78 is 11.4. The van der Waals surface area contributed by atoms with Gasteiger partial charge >= 0.3 is 12.1 Å². The van der Waals surface area contributed by atoms with Crippen LogP contribution in [0, 0.1) is 5.41 Å². The van der Waals surface area contributed by atoms with Gasteiger partial charge in [-0.2, -0.15) is 0 Å². The quantitative estimate of drug-likeness (QED) is 0.376. The van der Waals surface area contributed by atoms with Crippen molar-refractivity contribution in [1.29, 1.82) is 0 Å². The van der Waals surface area contributed by atoms with Gasteiger partial charge in [-0.15, -0.1) is 0 Å². The SMILES string of the molecule is CCc1noc(C2CC3(C2)CN(c2ccc(C4(C(=O)O)CC4)cc2)C3)c1NC(=O)O[C@H](C)c1ccccc1. The van der Waals surface area contributed by atoms with Gasteiger partial charge in [-0.3, -0.25) is 10.1 Å². The van der Waals surface area contributed by atoms with E-state index in [0.29, 0.717) is 12.1 Å². The van der Waals surface area contributed by atoms with Crippen LogP contribution in [-0.4, -0.2) is 35.4 Å². The Labute approximate surface area is 222 Å². The molecule has 1 atom stereocenters. The number of benzene rings is 2. The first-order chi connectivity index (χ1) is 18.3. The molecule has 0 radical (unpaired) electrons. The van der Waals surface area contributed by atoms with E-state index in [9.17, 15) is 14.7 Å². The van der Waals surface area contributed by atoms with Crippen molar-refractivity contribution in [2.45, 2.75) is 63.4 Å². The van der Waals surface area contributed by atoms with Crippen molar-refractivity contribution in [3.8, 4) is 0 Å². The molecular weight excluding hydrogens is 482 g/mol. The maximum atomic E-state index is 12.7.